The molecule has 3 nitrogen and oxygen atoms in total. The molecule has 0 radical (unpaired) electrons. The maximum atomic E-state index is 12.5. The molecule has 1 saturated carbocycles. The van der Waals surface area contributed by atoms with E-state index in [0.29, 0.717) is 6.42 Å². The number of alkyl halides is 3. The third-order valence-electron chi connectivity index (χ3n) is 3.21. The standard InChI is InChI=1S/C10H17F3N2O/c1-3-6(2)7(14)8(16)15-9(4-5-9)10(11,12)13/h6-7H,3-5,14H2,1-2H3,(H,15,16). The third kappa shape index (κ3) is 2.48. The summed E-state index contributed by atoms with van der Waals surface area (Å²) in [7, 11) is 0. The zero-order valence-electron chi connectivity index (χ0n) is 9.40. The second-order valence-corrected chi connectivity index (χ2v) is 4.48. The molecule has 2 atom stereocenters. The van der Waals surface area contributed by atoms with Gasteiger partial charge in [0.15, 0.2) is 0 Å². The third-order valence-corrected chi connectivity index (χ3v) is 3.21. The molecule has 2 unspecified atom stereocenters. The molecule has 16 heavy (non-hydrogen) atoms. The number of amides is 1. The normalized spacial score (nSPS) is 22.4. The van der Waals surface area contributed by atoms with Gasteiger partial charge in [-0.25, -0.2) is 0 Å². The molecule has 3 N–H and O–H groups in total. The van der Waals surface area contributed by atoms with Crippen LogP contribution in [0.3, 0.4) is 0 Å². The first kappa shape index (κ1) is 13.3. The summed E-state index contributed by atoms with van der Waals surface area (Å²) in [6.07, 6.45) is -3.81. The quantitative estimate of drug-likeness (QED) is 0.781. The Morgan fingerprint density at radius 3 is 2.31 bits per heavy atom. The summed E-state index contributed by atoms with van der Waals surface area (Å²) in [4.78, 5) is 11.5. The molecule has 1 aliphatic carbocycles. The molecule has 1 aliphatic rings. The lowest BCUT2D eigenvalue weighted by Gasteiger charge is -2.24. The number of halogens is 3. The summed E-state index contributed by atoms with van der Waals surface area (Å²) in [5, 5.41) is 2.03. The van der Waals surface area contributed by atoms with Gasteiger partial charge in [-0.3, -0.25) is 4.79 Å². The van der Waals surface area contributed by atoms with E-state index in [9.17, 15) is 18.0 Å². The Morgan fingerprint density at radius 2 is 2.00 bits per heavy atom. The van der Waals surface area contributed by atoms with Crippen molar-refractivity contribution in [1.82, 2.24) is 5.32 Å². The molecule has 6 heteroatoms. The Morgan fingerprint density at radius 1 is 1.50 bits per heavy atom. The summed E-state index contributed by atoms with van der Waals surface area (Å²) >= 11 is 0. The number of rotatable bonds is 4. The first-order valence-corrected chi connectivity index (χ1v) is 5.38. The Hall–Kier alpha value is -0.780. The fraction of sp³-hybridized carbons (Fsp3) is 0.900. The minimum absolute atomic E-state index is 0.0462. The highest BCUT2D eigenvalue weighted by Gasteiger charge is 2.64. The molecule has 0 heterocycles. The van der Waals surface area contributed by atoms with Crippen molar-refractivity contribution in [2.45, 2.75) is 50.9 Å². The van der Waals surface area contributed by atoms with Crippen LogP contribution in [0.25, 0.3) is 0 Å². The Bertz CT molecular complexity index is 274. The fourth-order valence-corrected chi connectivity index (χ4v) is 1.44. The van der Waals surface area contributed by atoms with Gasteiger partial charge in [0, 0.05) is 0 Å². The van der Waals surface area contributed by atoms with Crippen LogP contribution in [0.15, 0.2) is 0 Å². The van der Waals surface area contributed by atoms with E-state index in [1.54, 1.807) is 6.92 Å². The van der Waals surface area contributed by atoms with Crippen molar-refractivity contribution in [2.75, 3.05) is 0 Å². The highest BCUT2D eigenvalue weighted by Crippen LogP contribution is 2.48. The molecule has 0 aliphatic heterocycles. The van der Waals surface area contributed by atoms with Crippen molar-refractivity contribution >= 4 is 5.91 Å². The monoisotopic (exact) mass is 238 g/mol. The van der Waals surface area contributed by atoms with Gasteiger partial charge in [0.25, 0.3) is 0 Å². The van der Waals surface area contributed by atoms with E-state index in [0.717, 1.165) is 0 Å². The van der Waals surface area contributed by atoms with Gasteiger partial charge in [-0.2, -0.15) is 13.2 Å². The van der Waals surface area contributed by atoms with Crippen LogP contribution in [0.2, 0.25) is 0 Å². The summed E-state index contributed by atoms with van der Waals surface area (Å²) in [5.74, 6) is -0.826. The molecule has 0 saturated heterocycles. The topological polar surface area (TPSA) is 55.1 Å². The van der Waals surface area contributed by atoms with Crippen LogP contribution >= 0.6 is 0 Å². The zero-order chi connectivity index (χ0) is 12.6. The van der Waals surface area contributed by atoms with Crippen LogP contribution in [0, 0.1) is 5.92 Å². The van der Waals surface area contributed by atoms with E-state index < -0.39 is 23.7 Å². The largest absolute Gasteiger partial charge is 0.411 e. The number of carbonyl (C=O) groups is 1. The van der Waals surface area contributed by atoms with Crippen molar-refractivity contribution in [3.8, 4) is 0 Å². The summed E-state index contributed by atoms with van der Waals surface area (Å²) in [6, 6.07) is -0.871. The van der Waals surface area contributed by atoms with Crippen LogP contribution in [0.4, 0.5) is 13.2 Å². The average Bonchev–Trinajstić information content (AvgIpc) is 2.95. The van der Waals surface area contributed by atoms with E-state index in [4.69, 9.17) is 5.73 Å². The van der Waals surface area contributed by atoms with Gasteiger partial charge in [0.2, 0.25) is 5.91 Å². The predicted molar refractivity (Wildman–Crippen MR) is 53.6 cm³/mol. The van der Waals surface area contributed by atoms with Gasteiger partial charge >= 0.3 is 6.18 Å². The number of hydrogen-bond acceptors (Lipinski definition) is 2. The maximum absolute atomic E-state index is 12.5. The van der Waals surface area contributed by atoms with Gasteiger partial charge < -0.3 is 11.1 Å². The van der Waals surface area contributed by atoms with E-state index >= 15 is 0 Å². The summed E-state index contributed by atoms with van der Waals surface area (Å²) in [6.45, 7) is 3.59. The van der Waals surface area contributed by atoms with E-state index in [2.05, 4.69) is 0 Å². The SMILES string of the molecule is CCC(C)C(N)C(=O)NC1(C(F)(F)F)CC1. The molecule has 0 bridgehead atoms. The maximum Gasteiger partial charge on any atom is 0.411 e. The highest BCUT2D eigenvalue weighted by atomic mass is 19.4. The predicted octanol–water partition coefficient (Wildman–Crippen LogP) is 1.57. The number of nitrogens with one attached hydrogen (secondary N) is 1. The van der Waals surface area contributed by atoms with Crippen molar-refractivity contribution in [3.05, 3.63) is 0 Å². The van der Waals surface area contributed by atoms with Crippen LogP contribution in [0.1, 0.15) is 33.1 Å². The van der Waals surface area contributed by atoms with Crippen molar-refractivity contribution in [1.29, 1.82) is 0 Å². The lowest BCUT2D eigenvalue weighted by molar-refractivity contribution is -0.171. The summed E-state index contributed by atoms with van der Waals surface area (Å²) < 4.78 is 37.6. The Labute approximate surface area is 92.6 Å². The minimum atomic E-state index is -4.38. The van der Waals surface area contributed by atoms with Gasteiger partial charge in [0.05, 0.1) is 6.04 Å². The van der Waals surface area contributed by atoms with Crippen LogP contribution < -0.4 is 11.1 Å². The highest BCUT2D eigenvalue weighted by molar-refractivity contribution is 5.83. The molecular weight excluding hydrogens is 221 g/mol. The van der Waals surface area contributed by atoms with Gasteiger partial charge in [-0.1, -0.05) is 20.3 Å². The molecule has 1 rings (SSSR count). The molecule has 0 aromatic rings. The number of carbonyl (C=O) groups excluding carboxylic acids is 1. The van der Waals surface area contributed by atoms with E-state index in [1.807, 2.05) is 12.2 Å². The molecule has 1 fully saturated rings. The van der Waals surface area contributed by atoms with Crippen LogP contribution in [-0.4, -0.2) is 23.7 Å². The zero-order valence-corrected chi connectivity index (χ0v) is 9.40. The second-order valence-electron chi connectivity index (χ2n) is 4.48. The molecule has 94 valence electrons. The average molecular weight is 238 g/mol. The van der Waals surface area contributed by atoms with Crippen LogP contribution in [0.5, 0.6) is 0 Å². The lowest BCUT2D eigenvalue weighted by Crippen LogP contribution is -2.54. The second kappa shape index (κ2) is 4.24. The van der Waals surface area contributed by atoms with Crippen molar-refractivity contribution in [3.63, 3.8) is 0 Å². The fourth-order valence-electron chi connectivity index (χ4n) is 1.44. The number of nitrogens with two attached hydrogens (primary N) is 1. The van der Waals surface area contributed by atoms with Crippen molar-refractivity contribution < 1.29 is 18.0 Å². The summed E-state index contributed by atoms with van der Waals surface area (Å²) in [5.41, 5.74) is 3.57. The molecule has 0 aromatic carbocycles. The van der Waals surface area contributed by atoms with Crippen molar-refractivity contribution in [2.24, 2.45) is 11.7 Å². The molecular formula is C10H17F3N2O. The molecule has 1 amide bonds. The lowest BCUT2D eigenvalue weighted by atomic mass is 9.99. The Kier molecular flexibility index (Phi) is 3.52. The van der Waals surface area contributed by atoms with Gasteiger partial charge in [0.1, 0.15) is 5.54 Å². The molecule has 0 aromatic heterocycles. The molecule has 0 spiro atoms. The van der Waals surface area contributed by atoms with E-state index in [-0.39, 0.29) is 18.8 Å². The van der Waals surface area contributed by atoms with E-state index in [1.165, 1.54) is 0 Å². The number of hydrogen-bond donors (Lipinski definition) is 2. The van der Waals surface area contributed by atoms with Gasteiger partial charge in [-0.05, 0) is 18.8 Å². The first-order valence-electron chi connectivity index (χ1n) is 5.38. The van der Waals surface area contributed by atoms with Crippen LogP contribution in [-0.2, 0) is 4.79 Å². The van der Waals surface area contributed by atoms with Gasteiger partial charge in [-0.15, -0.1) is 0 Å². The Balaban J connectivity index is 2.59. The smallest absolute Gasteiger partial charge is 0.341 e. The minimum Gasteiger partial charge on any atom is -0.341 e. The first-order chi connectivity index (χ1) is 7.23.